The SMILES string of the molecule is COc1ccc(Cl)cc1NC(=O)CN(C)CC(=O)NCC12CC3CC(CC(C3)C1)C2. The third-order valence-corrected chi connectivity index (χ3v) is 7.32. The molecule has 0 aliphatic heterocycles. The zero-order valence-electron chi connectivity index (χ0n) is 17.9. The number of ether oxygens (including phenoxy) is 1. The number of hydrogen-bond acceptors (Lipinski definition) is 4. The average Bonchev–Trinajstić information content (AvgIpc) is 2.65. The van der Waals surface area contributed by atoms with Gasteiger partial charge in [0.25, 0.3) is 0 Å². The Labute approximate surface area is 183 Å². The number of likely N-dealkylation sites (N-methyl/N-ethyl adjacent to an activating group) is 1. The second kappa shape index (κ2) is 8.75. The lowest BCUT2D eigenvalue weighted by Gasteiger charge is -2.56. The molecule has 4 aliphatic carbocycles. The zero-order chi connectivity index (χ0) is 21.3. The number of nitrogens with zero attached hydrogens (tertiary/aromatic N) is 1. The second-order valence-corrected chi connectivity index (χ2v) is 10.2. The molecule has 30 heavy (non-hydrogen) atoms. The number of benzene rings is 1. The molecular weight excluding hydrogens is 402 g/mol. The molecule has 4 fully saturated rings. The Morgan fingerprint density at radius 3 is 2.30 bits per heavy atom. The molecule has 0 saturated heterocycles. The van der Waals surface area contributed by atoms with Crippen LogP contribution in [0, 0.1) is 23.2 Å². The Kier molecular flexibility index (Phi) is 6.26. The molecule has 0 atom stereocenters. The molecule has 1 aromatic rings. The van der Waals surface area contributed by atoms with Crippen molar-refractivity contribution < 1.29 is 14.3 Å². The Hall–Kier alpha value is -1.79. The topological polar surface area (TPSA) is 70.7 Å². The molecule has 4 saturated carbocycles. The van der Waals surface area contributed by atoms with Crippen molar-refractivity contribution in [2.24, 2.45) is 23.2 Å². The van der Waals surface area contributed by atoms with Crippen molar-refractivity contribution in [1.29, 1.82) is 0 Å². The van der Waals surface area contributed by atoms with Crippen LogP contribution in [0.5, 0.6) is 5.75 Å². The third kappa shape index (κ3) is 4.92. The number of halogens is 1. The summed E-state index contributed by atoms with van der Waals surface area (Å²) in [5, 5.41) is 6.49. The van der Waals surface area contributed by atoms with Crippen molar-refractivity contribution >= 4 is 29.1 Å². The van der Waals surface area contributed by atoms with Gasteiger partial charge in [0.1, 0.15) is 5.75 Å². The maximum Gasteiger partial charge on any atom is 0.238 e. The molecule has 2 amide bonds. The quantitative estimate of drug-likeness (QED) is 0.657. The molecule has 5 rings (SSSR count). The fraction of sp³-hybridized carbons (Fsp3) is 0.652. The van der Waals surface area contributed by atoms with Crippen LogP contribution in [-0.4, -0.2) is 50.5 Å². The molecule has 2 N–H and O–H groups in total. The van der Waals surface area contributed by atoms with Crippen LogP contribution >= 0.6 is 11.6 Å². The number of anilines is 1. The van der Waals surface area contributed by atoms with Crippen molar-refractivity contribution in [3.05, 3.63) is 23.2 Å². The first kappa shape index (κ1) is 21.4. The van der Waals surface area contributed by atoms with E-state index in [1.54, 1.807) is 37.3 Å². The van der Waals surface area contributed by atoms with Crippen LogP contribution < -0.4 is 15.4 Å². The van der Waals surface area contributed by atoms with Gasteiger partial charge in [0.15, 0.2) is 0 Å². The average molecular weight is 434 g/mol. The van der Waals surface area contributed by atoms with Gasteiger partial charge in [0, 0.05) is 11.6 Å². The fourth-order valence-corrected chi connectivity index (χ4v) is 6.53. The Morgan fingerprint density at radius 1 is 1.10 bits per heavy atom. The Balaban J connectivity index is 1.23. The molecule has 6 nitrogen and oxygen atoms in total. The minimum Gasteiger partial charge on any atom is -0.495 e. The lowest BCUT2D eigenvalue weighted by Crippen LogP contribution is -2.52. The van der Waals surface area contributed by atoms with Gasteiger partial charge in [0.05, 0.1) is 25.9 Å². The van der Waals surface area contributed by atoms with E-state index < -0.39 is 0 Å². The lowest BCUT2D eigenvalue weighted by molar-refractivity contribution is -0.124. The van der Waals surface area contributed by atoms with Crippen molar-refractivity contribution in [1.82, 2.24) is 10.2 Å². The van der Waals surface area contributed by atoms with Gasteiger partial charge >= 0.3 is 0 Å². The predicted octanol–water partition coefficient (Wildman–Crippen LogP) is 3.55. The fourth-order valence-electron chi connectivity index (χ4n) is 6.36. The minimum atomic E-state index is -0.216. The van der Waals surface area contributed by atoms with Crippen molar-refractivity contribution in [3.63, 3.8) is 0 Å². The highest BCUT2D eigenvalue weighted by Gasteiger charge is 2.50. The number of carbonyl (C=O) groups is 2. The molecule has 1 aromatic carbocycles. The summed E-state index contributed by atoms with van der Waals surface area (Å²) in [5.74, 6) is 2.95. The van der Waals surface area contributed by atoms with Gasteiger partial charge < -0.3 is 15.4 Å². The molecule has 0 aromatic heterocycles. The number of methoxy groups -OCH3 is 1. The summed E-state index contributed by atoms with van der Waals surface area (Å²) >= 11 is 6.01. The van der Waals surface area contributed by atoms with Gasteiger partial charge in [-0.05, 0) is 86.9 Å². The first-order valence-corrected chi connectivity index (χ1v) is 11.3. The summed E-state index contributed by atoms with van der Waals surface area (Å²) in [7, 11) is 3.32. The number of carbonyl (C=O) groups excluding carboxylic acids is 2. The number of amides is 2. The van der Waals surface area contributed by atoms with Crippen LogP contribution in [0.25, 0.3) is 0 Å². The van der Waals surface area contributed by atoms with Crippen LogP contribution in [0.3, 0.4) is 0 Å². The van der Waals surface area contributed by atoms with E-state index in [2.05, 4.69) is 10.6 Å². The van der Waals surface area contributed by atoms with Crippen LogP contribution in [0.4, 0.5) is 5.69 Å². The summed E-state index contributed by atoms with van der Waals surface area (Å²) in [4.78, 5) is 26.6. The highest BCUT2D eigenvalue weighted by molar-refractivity contribution is 6.31. The Bertz CT molecular complexity index is 778. The monoisotopic (exact) mass is 433 g/mol. The number of hydrogen-bond donors (Lipinski definition) is 2. The van der Waals surface area contributed by atoms with Gasteiger partial charge in [-0.1, -0.05) is 11.6 Å². The van der Waals surface area contributed by atoms with Crippen LogP contribution in [0.2, 0.25) is 5.02 Å². The highest BCUT2D eigenvalue weighted by atomic mass is 35.5. The summed E-state index contributed by atoms with van der Waals surface area (Å²) in [6.45, 7) is 1.10. The van der Waals surface area contributed by atoms with E-state index in [-0.39, 0.29) is 24.9 Å². The molecule has 4 aliphatic rings. The maximum absolute atomic E-state index is 12.5. The first-order valence-electron chi connectivity index (χ1n) is 10.9. The smallest absolute Gasteiger partial charge is 0.238 e. The summed E-state index contributed by atoms with van der Waals surface area (Å²) in [5.41, 5.74) is 0.846. The molecular formula is C23H32ClN3O3. The van der Waals surface area contributed by atoms with Gasteiger partial charge in [-0.3, -0.25) is 14.5 Å². The molecule has 0 radical (unpaired) electrons. The van der Waals surface area contributed by atoms with E-state index in [0.717, 1.165) is 24.3 Å². The molecule has 0 unspecified atom stereocenters. The lowest BCUT2D eigenvalue weighted by atomic mass is 9.49. The molecule has 0 heterocycles. The van der Waals surface area contributed by atoms with E-state index in [9.17, 15) is 9.59 Å². The molecule has 7 heteroatoms. The van der Waals surface area contributed by atoms with E-state index >= 15 is 0 Å². The van der Waals surface area contributed by atoms with Gasteiger partial charge in [-0.15, -0.1) is 0 Å². The van der Waals surface area contributed by atoms with Gasteiger partial charge in [0.2, 0.25) is 11.8 Å². The number of rotatable bonds is 8. The van der Waals surface area contributed by atoms with Crippen LogP contribution in [-0.2, 0) is 9.59 Å². The first-order chi connectivity index (χ1) is 14.3. The zero-order valence-corrected chi connectivity index (χ0v) is 18.6. The van der Waals surface area contributed by atoms with Crippen LogP contribution in [0.15, 0.2) is 18.2 Å². The molecule has 4 bridgehead atoms. The largest absolute Gasteiger partial charge is 0.495 e. The summed E-state index contributed by atoms with van der Waals surface area (Å²) in [6.07, 6.45) is 8.05. The van der Waals surface area contributed by atoms with Crippen molar-refractivity contribution in [2.45, 2.75) is 38.5 Å². The van der Waals surface area contributed by atoms with Crippen molar-refractivity contribution in [2.75, 3.05) is 39.1 Å². The Morgan fingerprint density at radius 2 is 1.70 bits per heavy atom. The maximum atomic E-state index is 12.5. The number of nitrogens with one attached hydrogen (secondary N) is 2. The van der Waals surface area contributed by atoms with E-state index in [1.807, 2.05) is 0 Å². The van der Waals surface area contributed by atoms with Crippen LogP contribution in [0.1, 0.15) is 38.5 Å². The van der Waals surface area contributed by atoms with Gasteiger partial charge in [-0.25, -0.2) is 0 Å². The third-order valence-electron chi connectivity index (χ3n) is 7.09. The van der Waals surface area contributed by atoms with E-state index in [4.69, 9.17) is 16.3 Å². The van der Waals surface area contributed by atoms with Gasteiger partial charge in [-0.2, -0.15) is 0 Å². The normalized spacial score (nSPS) is 29.1. The summed E-state index contributed by atoms with van der Waals surface area (Å²) < 4.78 is 5.25. The standard InChI is InChI=1S/C23H32ClN3O3/c1-27(13-22(29)26-19-8-18(24)3-4-20(19)30-2)12-21(28)25-14-23-9-15-5-16(10-23)7-17(6-15)11-23/h3-4,8,15-17H,5-7,9-14H2,1-2H3,(H,25,28)(H,26,29). The molecule has 0 spiro atoms. The van der Waals surface area contributed by atoms with E-state index in [0.29, 0.717) is 21.9 Å². The highest BCUT2D eigenvalue weighted by Crippen LogP contribution is 2.59. The molecule has 164 valence electrons. The predicted molar refractivity (Wildman–Crippen MR) is 118 cm³/mol. The minimum absolute atomic E-state index is 0.0126. The van der Waals surface area contributed by atoms with Crippen molar-refractivity contribution in [3.8, 4) is 5.75 Å². The summed E-state index contributed by atoms with van der Waals surface area (Å²) in [6, 6.07) is 5.06. The van der Waals surface area contributed by atoms with E-state index in [1.165, 1.54) is 38.5 Å². The second-order valence-electron chi connectivity index (χ2n) is 9.76.